The summed E-state index contributed by atoms with van der Waals surface area (Å²) < 4.78 is 43.5. The number of benzene rings is 1. The first-order valence-corrected chi connectivity index (χ1v) is 15.6. The van der Waals surface area contributed by atoms with E-state index in [9.17, 15) is 22.8 Å². The topological polar surface area (TPSA) is 79.3 Å². The highest BCUT2D eigenvalue weighted by Gasteiger charge is 2.36. The molecule has 42 heavy (non-hydrogen) atoms. The van der Waals surface area contributed by atoms with Gasteiger partial charge in [-0.1, -0.05) is 37.5 Å². The number of nitrogens with one attached hydrogen (secondary N) is 2. The van der Waals surface area contributed by atoms with E-state index < -0.39 is 23.7 Å². The summed E-state index contributed by atoms with van der Waals surface area (Å²) in [5.41, 5.74) is -0.286. The molecule has 2 saturated carbocycles. The number of carbonyl (C=O) groups excluding carboxylic acids is 2. The molecular formula is C32H44F3N5O2. The molecule has 0 spiro atoms. The highest BCUT2D eigenvalue weighted by Crippen LogP contribution is 2.40. The molecule has 1 aromatic carbocycles. The Morgan fingerprint density at radius 2 is 1.79 bits per heavy atom. The normalized spacial score (nSPS) is 20.7. The zero-order chi connectivity index (χ0) is 29.9. The molecule has 7 nitrogen and oxygen atoms in total. The predicted octanol–water partition coefficient (Wildman–Crippen LogP) is 6.50. The molecular weight excluding hydrogens is 543 g/mol. The van der Waals surface area contributed by atoms with Crippen LogP contribution < -0.4 is 10.6 Å². The lowest BCUT2D eigenvalue weighted by atomic mass is 9.90. The molecule has 230 valence electrons. The van der Waals surface area contributed by atoms with Crippen LogP contribution in [0.4, 0.5) is 13.2 Å². The fraction of sp³-hybridized carbons (Fsp3) is 0.656. The molecule has 2 aliphatic carbocycles. The predicted molar refractivity (Wildman–Crippen MR) is 156 cm³/mol. The number of hydrogen-bond donors (Lipinski definition) is 2. The maximum Gasteiger partial charge on any atom is 0.417 e. The number of rotatable bonds is 10. The van der Waals surface area contributed by atoms with Crippen molar-refractivity contribution in [1.82, 2.24) is 25.3 Å². The minimum absolute atomic E-state index is 0.0206. The van der Waals surface area contributed by atoms with E-state index in [2.05, 4.69) is 34.5 Å². The molecule has 3 aliphatic rings. The summed E-state index contributed by atoms with van der Waals surface area (Å²) in [5.74, 6) is -0.545. The molecule has 5 rings (SSSR count). The first-order valence-electron chi connectivity index (χ1n) is 15.6. The van der Waals surface area contributed by atoms with Gasteiger partial charge in [0, 0.05) is 36.2 Å². The number of nitrogens with zero attached hydrogens (tertiary/aromatic N) is 3. The molecule has 1 saturated heterocycles. The monoisotopic (exact) mass is 587 g/mol. The van der Waals surface area contributed by atoms with Gasteiger partial charge in [0.15, 0.2) is 5.69 Å². The number of hydrogen-bond acceptors (Lipinski definition) is 4. The molecule has 0 bridgehead atoms. The standard InChI is InChI=1S/C32H44F3N5O2/c1-31(2)17-7-8-18-39(31)19-16-23(20-29(41)36-22-10-9-11-22)37-30(42)27-21-28(40(38-27)24-12-3-4-13-24)25-14-5-6-15-26(25)32(33,34)35/h5-6,14-15,21-24H,3-4,7-13,16-20H2,1-2H3,(H,36,41)(H,37,42). The maximum atomic E-state index is 14.0. The van der Waals surface area contributed by atoms with Gasteiger partial charge in [0.25, 0.3) is 5.91 Å². The Morgan fingerprint density at radius 3 is 2.45 bits per heavy atom. The SMILES string of the molecule is CC1(C)CCCCN1CCC(CC(=O)NC1CCC1)NC(=O)c1cc(-c2ccccc2C(F)(F)F)n(C2CCCC2)n1. The first kappa shape index (κ1) is 30.6. The molecule has 2 N–H and O–H groups in total. The van der Waals surface area contributed by atoms with Crippen LogP contribution >= 0.6 is 0 Å². The van der Waals surface area contributed by atoms with Crippen molar-refractivity contribution in [3.05, 3.63) is 41.6 Å². The minimum Gasteiger partial charge on any atom is -0.353 e. The van der Waals surface area contributed by atoms with Gasteiger partial charge in [0.1, 0.15) is 0 Å². The Balaban J connectivity index is 1.38. The summed E-state index contributed by atoms with van der Waals surface area (Å²) in [4.78, 5) is 29.0. The fourth-order valence-corrected chi connectivity index (χ4v) is 6.68. The van der Waals surface area contributed by atoms with E-state index >= 15 is 0 Å². The number of halogens is 3. The summed E-state index contributed by atoms with van der Waals surface area (Å²) >= 11 is 0. The molecule has 2 amide bonds. The second-order valence-corrected chi connectivity index (χ2v) is 13.0. The van der Waals surface area contributed by atoms with Crippen molar-refractivity contribution in [1.29, 1.82) is 0 Å². The van der Waals surface area contributed by atoms with Crippen LogP contribution in [0.5, 0.6) is 0 Å². The zero-order valence-electron chi connectivity index (χ0n) is 24.8. The number of carbonyl (C=O) groups is 2. The highest BCUT2D eigenvalue weighted by molar-refractivity contribution is 5.94. The zero-order valence-corrected chi connectivity index (χ0v) is 24.8. The van der Waals surface area contributed by atoms with Crippen molar-refractivity contribution in [2.24, 2.45) is 0 Å². The molecule has 1 atom stereocenters. The molecule has 1 aromatic heterocycles. The minimum atomic E-state index is -4.54. The number of piperidine rings is 1. The van der Waals surface area contributed by atoms with Gasteiger partial charge in [0.05, 0.1) is 17.3 Å². The van der Waals surface area contributed by atoms with Gasteiger partial charge in [-0.15, -0.1) is 0 Å². The summed E-state index contributed by atoms with van der Waals surface area (Å²) in [6.07, 6.45) is 6.26. The molecule has 2 aromatic rings. The molecule has 1 unspecified atom stereocenters. The van der Waals surface area contributed by atoms with E-state index in [-0.39, 0.29) is 41.2 Å². The van der Waals surface area contributed by atoms with Gasteiger partial charge < -0.3 is 10.6 Å². The number of amides is 2. The van der Waals surface area contributed by atoms with Crippen molar-refractivity contribution in [3.8, 4) is 11.3 Å². The van der Waals surface area contributed by atoms with Gasteiger partial charge in [0.2, 0.25) is 5.91 Å². The van der Waals surface area contributed by atoms with E-state index in [1.165, 1.54) is 24.6 Å². The van der Waals surface area contributed by atoms with E-state index in [4.69, 9.17) is 0 Å². The van der Waals surface area contributed by atoms with E-state index in [0.29, 0.717) is 12.1 Å². The van der Waals surface area contributed by atoms with Crippen molar-refractivity contribution in [3.63, 3.8) is 0 Å². The average Bonchev–Trinajstić information content (AvgIpc) is 3.60. The quantitative estimate of drug-likeness (QED) is 0.333. The van der Waals surface area contributed by atoms with Crippen LogP contribution in [0.15, 0.2) is 30.3 Å². The Morgan fingerprint density at radius 1 is 1.05 bits per heavy atom. The summed E-state index contributed by atoms with van der Waals surface area (Å²) in [6, 6.07) is 6.67. The second-order valence-electron chi connectivity index (χ2n) is 13.0. The van der Waals surface area contributed by atoms with Gasteiger partial charge in [-0.05, 0) is 83.9 Å². The summed E-state index contributed by atoms with van der Waals surface area (Å²) in [5, 5.41) is 10.7. The second kappa shape index (κ2) is 12.8. The van der Waals surface area contributed by atoms with Gasteiger partial charge in [-0.3, -0.25) is 19.2 Å². The largest absolute Gasteiger partial charge is 0.417 e. The fourth-order valence-electron chi connectivity index (χ4n) is 6.68. The number of alkyl halides is 3. The van der Waals surface area contributed by atoms with Crippen LogP contribution in [0.25, 0.3) is 11.3 Å². The third-order valence-corrected chi connectivity index (χ3v) is 9.45. The Hall–Kier alpha value is -2.88. The van der Waals surface area contributed by atoms with Crippen LogP contribution in [0.1, 0.15) is 113 Å². The maximum absolute atomic E-state index is 14.0. The Bertz CT molecular complexity index is 1250. The first-order chi connectivity index (χ1) is 20.0. The van der Waals surface area contributed by atoms with Crippen LogP contribution in [0.3, 0.4) is 0 Å². The van der Waals surface area contributed by atoms with Crippen molar-refractivity contribution < 1.29 is 22.8 Å². The average molecular weight is 588 g/mol. The van der Waals surface area contributed by atoms with Crippen molar-refractivity contribution >= 4 is 11.8 Å². The van der Waals surface area contributed by atoms with E-state index in [1.54, 1.807) is 10.7 Å². The molecule has 2 heterocycles. The van der Waals surface area contributed by atoms with Crippen molar-refractivity contribution in [2.45, 2.75) is 121 Å². The molecule has 3 fully saturated rings. The highest BCUT2D eigenvalue weighted by atomic mass is 19.4. The van der Waals surface area contributed by atoms with Crippen LogP contribution in [0.2, 0.25) is 0 Å². The molecule has 0 radical (unpaired) electrons. The van der Waals surface area contributed by atoms with Crippen LogP contribution in [0, 0.1) is 0 Å². The molecule has 10 heteroatoms. The lowest BCUT2D eigenvalue weighted by Crippen LogP contribution is -2.50. The third-order valence-electron chi connectivity index (χ3n) is 9.45. The Kier molecular flexibility index (Phi) is 9.30. The lowest BCUT2D eigenvalue weighted by molar-refractivity contribution is -0.137. The summed E-state index contributed by atoms with van der Waals surface area (Å²) in [6.45, 7) is 6.20. The van der Waals surface area contributed by atoms with Gasteiger partial charge in [-0.25, -0.2) is 0 Å². The van der Waals surface area contributed by atoms with E-state index in [0.717, 1.165) is 76.9 Å². The third kappa shape index (κ3) is 7.18. The van der Waals surface area contributed by atoms with Crippen molar-refractivity contribution in [2.75, 3.05) is 13.1 Å². The number of aromatic nitrogens is 2. The van der Waals surface area contributed by atoms with E-state index in [1.807, 2.05) is 0 Å². The lowest BCUT2D eigenvalue weighted by Gasteiger charge is -2.43. The Labute approximate surface area is 246 Å². The van der Waals surface area contributed by atoms with Crippen LogP contribution in [-0.2, 0) is 11.0 Å². The van der Waals surface area contributed by atoms with Gasteiger partial charge >= 0.3 is 6.18 Å². The number of likely N-dealkylation sites (tertiary alicyclic amines) is 1. The van der Waals surface area contributed by atoms with Crippen LogP contribution in [-0.4, -0.2) is 57.2 Å². The summed E-state index contributed by atoms with van der Waals surface area (Å²) in [7, 11) is 0. The van der Waals surface area contributed by atoms with Gasteiger partial charge in [-0.2, -0.15) is 18.3 Å². The molecule has 1 aliphatic heterocycles. The smallest absolute Gasteiger partial charge is 0.353 e.